The predicted molar refractivity (Wildman–Crippen MR) is 103 cm³/mol. The second-order valence-corrected chi connectivity index (χ2v) is 6.74. The summed E-state index contributed by atoms with van der Waals surface area (Å²) in [5.74, 6) is -1.07. The van der Waals surface area contributed by atoms with Gasteiger partial charge in [0.1, 0.15) is 0 Å². The number of halogens is 1. The lowest BCUT2D eigenvalue weighted by molar-refractivity contribution is 0.101. The zero-order valence-corrected chi connectivity index (χ0v) is 15.7. The normalized spacial score (nSPS) is 10.6. The third-order valence-corrected chi connectivity index (χ3v) is 4.68. The van der Waals surface area contributed by atoms with E-state index in [0.717, 1.165) is 26.3 Å². The Labute approximate surface area is 158 Å². The quantitative estimate of drug-likeness (QED) is 0.687. The van der Waals surface area contributed by atoms with E-state index >= 15 is 0 Å². The molecule has 0 atom stereocenters. The molecule has 26 heavy (non-hydrogen) atoms. The van der Waals surface area contributed by atoms with Crippen LogP contribution in [0.3, 0.4) is 0 Å². The van der Waals surface area contributed by atoms with Crippen molar-refractivity contribution in [2.45, 2.75) is 13.8 Å². The number of nitrogens with zero attached hydrogens (tertiary/aromatic N) is 2. The van der Waals surface area contributed by atoms with Gasteiger partial charge in [0, 0.05) is 16.2 Å². The van der Waals surface area contributed by atoms with Gasteiger partial charge in [0.15, 0.2) is 11.4 Å². The van der Waals surface area contributed by atoms with Gasteiger partial charge in [0.25, 0.3) is 11.5 Å². The smallest absolute Gasteiger partial charge is 0.279 e. The molecule has 1 aromatic heterocycles. The lowest BCUT2D eigenvalue weighted by atomic mass is 10.2. The lowest BCUT2D eigenvalue weighted by Gasteiger charge is -2.10. The van der Waals surface area contributed by atoms with Crippen LogP contribution in [0.5, 0.6) is 5.75 Å². The molecule has 2 N–H and O–H groups in total. The monoisotopic (exact) mass is 413 g/mol. The molecule has 3 aromatic rings. The maximum atomic E-state index is 12.5. The number of rotatable bonds is 3. The highest BCUT2D eigenvalue weighted by molar-refractivity contribution is 9.10. The van der Waals surface area contributed by atoms with Crippen LogP contribution in [-0.2, 0) is 0 Å². The van der Waals surface area contributed by atoms with E-state index in [4.69, 9.17) is 0 Å². The second kappa shape index (κ2) is 7.13. The molecule has 2 aromatic carbocycles. The van der Waals surface area contributed by atoms with E-state index in [9.17, 15) is 14.7 Å². The molecule has 1 amide bonds. The number of benzene rings is 2. The van der Waals surface area contributed by atoms with E-state index in [-0.39, 0.29) is 5.69 Å². The van der Waals surface area contributed by atoms with E-state index in [1.165, 1.54) is 0 Å². The first-order valence-electron chi connectivity index (χ1n) is 7.83. The Morgan fingerprint density at radius 3 is 2.62 bits per heavy atom. The van der Waals surface area contributed by atoms with Crippen molar-refractivity contribution in [3.05, 3.63) is 80.2 Å². The molecule has 0 aliphatic rings. The number of anilines is 1. The topological polar surface area (TPSA) is 84.2 Å². The average Bonchev–Trinajstić information content (AvgIpc) is 2.58. The Morgan fingerprint density at radius 2 is 1.92 bits per heavy atom. The molecule has 0 aliphatic heterocycles. The molecule has 1 heterocycles. The molecule has 0 fully saturated rings. The summed E-state index contributed by atoms with van der Waals surface area (Å²) in [6.45, 7) is 3.78. The van der Waals surface area contributed by atoms with Crippen molar-refractivity contribution in [1.29, 1.82) is 0 Å². The molecule has 0 bridgehead atoms. The van der Waals surface area contributed by atoms with Crippen molar-refractivity contribution in [2.24, 2.45) is 0 Å². The van der Waals surface area contributed by atoms with Gasteiger partial charge in [-0.15, -0.1) is 0 Å². The highest BCUT2D eigenvalue weighted by Gasteiger charge is 2.17. The zero-order chi connectivity index (χ0) is 18.8. The number of aromatic nitrogens is 2. The Hall–Kier alpha value is -2.93. The number of hydrogen-bond donors (Lipinski definition) is 2. The molecule has 132 valence electrons. The van der Waals surface area contributed by atoms with Crippen LogP contribution >= 0.6 is 15.9 Å². The van der Waals surface area contributed by atoms with E-state index in [2.05, 4.69) is 26.3 Å². The summed E-state index contributed by atoms with van der Waals surface area (Å²) in [5, 5.41) is 16.8. The van der Waals surface area contributed by atoms with Crippen LogP contribution in [0.15, 0.2) is 57.8 Å². The minimum atomic E-state index is -0.606. The first-order valence-corrected chi connectivity index (χ1v) is 8.62. The van der Waals surface area contributed by atoms with Crippen LogP contribution in [0.2, 0.25) is 0 Å². The zero-order valence-electron chi connectivity index (χ0n) is 14.2. The molecule has 7 heteroatoms. The van der Waals surface area contributed by atoms with E-state index in [1.54, 1.807) is 30.3 Å². The van der Waals surface area contributed by atoms with Crippen LogP contribution in [0, 0.1) is 13.8 Å². The van der Waals surface area contributed by atoms with Gasteiger partial charge >= 0.3 is 0 Å². The van der Waals surface area contributed by atoms with Crippen LogP contribution in [0.25, 0.3) is 5.69 Å². The highest BCUT2D eigenvalue weighted by atomic mass is 79.9. The molecule has 6 nitrogen and oxygen atoms in total. The number of aryl methyl sites for hydroxylation is 2. The van der Waals surface area contributed by atoms with Gasteiger partial charge in [-0.25, -0.2) is 0 Å². The molecule has 3 rings (SSSR count). The summed E-state index contributed by atoms with van der Waals surface area (Å²) in [7, 11) is 0. The Kier molecular flexibility index (Phi) is 4.90. The van der Waals surface area contributed by atoms with Gasteiger partial charge in [-0.3, -0.25) is 9.59 Å². The van der Waals surface area contributed by atoms with Crippen LogP contribution in [-0.4, -0.2) is 20.8 Å². The van der Waals surface area contributed by atoms with Gasteiger partial charge in [-0.1, -0.05) is 28.1 Å². The molecule has 0 aliphatic carbocycles. The third kappa shape index (κ3) is 3.67. The van der Waals surface area contributed by atoms with E-state index in [0.29, 0.717) is 11.4 Å². The molecule has 0 spiro atoms. The number of hydrogen-bond acceptors (Lipinski definition) is 4. The predicted octanol–water partition coefficient (Wildman–Crippen LogP) is 3.57. The summed E-state index contributed by atoms with van der Waals surface area (Å²) in [4.78, 5) is 24.7. The summed E-state index contributed by atoms with van der Waals surface area (Å²) >= 11 is 3.40. The van der Waals surface area contributed by atoms with E-state index in [1.807, 2.05) is 26.0 Å². The molecule has 0 saturated heterocycles. The first-order chi connectivity index (χ1) is 12.3. The lowest BCUT2D eigenvalue weighted by Crippen LogP contribution is -2.25. The number of carbonyl (C=O) groups is 1. The van der Waals surface area contributed by atoms with Gasteiger partial charge in [0.05, 0.1) is 5.69 Å². The van der Waals surface area contributed by atoms with Gasteiger partial charge in [-0.2, -0.15) is 9.78 Å². The van der Waals surface area contributed by atoms with Crippen LogP contribution in [0.1, 0.15) is 21.6 Å². The Bertz CT molecular complexity index is 1060. The molecular weight excluding hydrogens is 398 g/mol. The van der Waals surface area contributed by atoms with Crippen LogP contribution in [0.4, 0.5) is 5.69 Å². The molecule has 0 unspecified atom stereocenters. The Morgan fingerprint density at radius 1 is 1.15 bits per heavy atom. The van der Waals surface area contributed by atoms with Crippen LogP contribution < -0.4 is 10.9 Å². The summed E-state index contributed by atoms with van der Waals surface area (Å²) in [5.41, 5.74) is 2.22. The first kappa shape index (κ1) is 17.9. The standard InChI is InChI=1S/C19H16BrN3O3/c1-11-4-3-5-14(8-11)23-17(25)10-16(24)18(22-23)19(26)21-13-6-7-15(20)12(2)9-13/h3-10,24H,1-2H3,(H,21,26). The highest BCUT2D eigenvalue weighted by Crippen LogP contribution is 2.21. The van der Waals surface area contributed by atoms with Crippen molar-refractivity contribution >= 4 is 27.5 Å². The summed E-state index contributed by atoms with van der Waals surface area (Å²) in [6, 6.07) is 13.5. The summed E-state index contributed by atoms with van der Waals surface area (Å²) in [6.07, 6.45) is 0. The third-order valence-electron chi connectivity index (χ3n) is 3.79. The molecular formula is C19H16BrN3O3. The van der Waals surface area contributed by atoms with Crippen molar-refractivity contribution in [2.75, 3.05) is 5.32 Å². The SMILES string of the molecule is Cc1cccc(-n2nc(C(=O)Nc3ccc(Br)c(C)c3)c(O)cc2=O)c1. The second-order valence-electron chi connectivity index (χ2n) is 5.89. The van der Waals surface area contributed by atoms with Crippen molar-refractivity contribution in [3.8, 4) is 11.4 Å². The Balaban J connectivity index is 1.99. The average molecular weight is 414 g/mol. The van der Waals surface area contributed by atoms with E-state index < -0.39 is 17.2 Å². The van der Waals surface area contributed by atoms with Gasteiger partial charge < -0.3 is 10.4 Å². The fraction of sp³-hybridized carbons (Fsp3) is 0.105. The van der Waals surface area contributed by atoms with Crippen molar-refractivity contribution in [1.82, 2.24) is 9.78 Å². The van der Waals surface area contributed by atoms with Gasteiger partial charge in [0.2, 0.25) is 0 Å². The largest absolute Gasteiger partial charge is 0.505 e. The van der Waals surface area contributed by atoms with Crippen molar-refractivity contribution < 1.29 is 9.90 Å². The summed E-state index contributed by atoms with van der Waals surface area (Å²) < 4.78 is 2.01. The van der Waals surface area contributed by atoms with Gasteiger partial charge in [-0.05, 0) is 55.3 Å². The molecule has 0 radical (unpaired) electrons. The maximum absolute atomic E-state index is 12.5. The number of carbonyl (C=O) groups excluding carboxylic acids is 1. The number of aromatic hydroxyl groups is 1. The number of amides is 1. The minimum absolute atomic E-state index is 0.230. The van der Waals surface area contributed by atoms with Crippen molar-refractivity contribution in [3.63, 3.8) is 0 Å². The number of nitrogens with one attached hydrogen (secondary N) is 1. The fourth-order valence-corrected chi connectivity index (χ4v) is 2.71. The minimum Gasteiger partial charge on any atom is -0.505 e. The fourth-order valence-electron chi connectivity index (χ4n) is 2.47. The molecule has 0 saturated carbocycles. The maximum Gasteiger partial charge on any atom is 0.279 e.